The van der Waals surface area contributed by atoms with Crippen LogP contribution in [0.5, 0.6) is 5.88 Å². The third-order valence-corrected chi connectivity index (χ3v) is 3.43. The van der Waals surface area contributed by atoms with Gasteiger partial charge >= 0.3 is 6.09 Å². The smallest absolute Gasteiger partial charge is 0.407 e. The van der Waals surface area contributed by atoms with Crippen LogP contribution >= 0.6 is 0 Å². The van der Waals surface area contributed by atoms with Crippen molar-refractivity contribution in [1.29, 1.82) is 0 Å². The number of ether oxygens (including phenoxy) is 2. The summed E-state index contributed by atoms with van der Waals surface area (Å²) in [5.74, 6) is -0.224. The molecule has 0 radical (unpaired) electrons. The van der Waals surface area contributed by atoms with Crippen molar-refractivity contribution in [1.82, 2.24) is 30.2 Å². The summed E-state index contributed by atoms with van der Waals surface area (Å²) in [5.41, 5.74) is 5.71. The molecule has 28 heavy (non-hydrogen) atoms. The third kappa shape index (κ3) is 5.67. The van der Waals surface area contributed by atoms with Crippen LogP contribution in [0.25, 0.3) is 11.2 Å². The molecule has 5 N–H and O–H groups in total. The predicted molar refractivity (Wildman–Crippen MR) is 99.5 cm³/mol. The van der Waals surface area contributed by atoms with Crippen LogP contribution in [0.4, 0.5) is 10.7 Å². The maximum atomic E-state index is 12.3. The number of imidazole rings is 1. The fraction of sp³-hybridized carbons (Fsp3) is 0.562. The summed E-state index contributed by atoms with van der Waals surface area (Å²) in [6.07, 6.45) is 0.772. The molecule has 2 rings (SSSR count). The highest BCUT2D eigenvalue weighted by Gasteiger charge is 2.19. The number of aromatic nitrogens is 4. The summed E-state index contributed by atoms with van der Waals surface area (Å²) in [6.45, 7) is 4.72. The van der Waals surface area contributed by atoms with Crippen molar-refractivity contribution in [2.24, 2.45) is 0 Å². The minimum Gasteiger partial charge on any atom is -0.479 e. The van der Waals surface area contributed by atoms with Gasteiger partial charge in [0.2, 0.25) is 17.7 Å². The van der Waals surface area contributed by atoms with E-state index in [4.69, 9.17) is 15.2 Å². The molecule has 2 aromatic rings. The molecule has 12 nitrogen and oxygen atoms in total. The Morgan fingerprint density at radius 2 is 2.07 bits per heavy atom. The summed E-state index contributed by atoms with van der Waals surface area (Å²) in [6, 6.07) is -0.691. The normalized spacial score (nSPS) is 12.5. The number of rotatable bonds is 7. The van der Waals surface area contributed by atoms with Gasteiger partial charge in [-0.05, 0) is 20.8 Å². The topological polar surface area (TPSA) is 167 Å². The Labute approximate surface area is 161 Å². The maximum Gasteiger partial charge on any atom is 0.407 e. The number of carbonyl (C=O) groups is 2. The van der Waals surface area contributed by atoms with Crippen LogP contribution in [0.3, 0.4) is 0 Å². The number of fused-ring (bicyclic) bond motifs is 1. The Morgan fingerprint density at radius 3 is 2.68 bits per heavy atom. The Kier molecular flexibility index (Phi) is 6.57. The van der Waals surface area contributed by atoms with Crippen LogP contribution in [0.15, 0.2) is 6.33 Å². The van der Waals surface area contributed by atoms with Gasteiger partial charge in [0, 0.05) is 6.54 Å². The summed E-state index contributed by atoms with van der Waals surface area (Å²) in [5, 5.41) is 14.6. The van der Waals surface area contributed by atoms with E-state index in [2.05, 4.69) is 25.6 Å². The monoisotopic (exact) mass is 395 g/mol. The summed E-state index contributed by atoms with van der Waals surface area (Å²) >= 11 is 0. The lowest BCUT2D eigenvalue weighted by Crippen LogP contribution is -2.47. The number of carbonyl (C=O) groups excluding carboxylic acids is 2. The van der Waals surface area contributed by atoms with E-state index in [1.165, 1.54) is 18.0 Å². The SMILES string of the molecule is COc1nc(N)nc2c1ncn2CC(=O)N[C@@H](CO)CNC(=O)OC(C)(C)C. The molecule has 2 heterocycles. The number of hydrogen-bond donors (Lipinski definition) is 4. The molecule has 2 amide bonds. The van der Waals surface area contributed by atoms with Gasteiger partial charge in [-0.3, -0.25) is 4.79 Å². The van der Waals surface area contributed by atoms with E-state index in [1.807, 2.05) is 0 Å². The highest BCUT2D eigenvalue weighted by atomic mass is 16.6. The quantitative estimate of drug-likeness (QED) is 0.479. The van der Waals surface area contributed by atoms with E-state index in [9.17, 15) is 14.7 Å². The first-order valence-electron chi connectivity index (χ1n) is 8.52. The van der Waals surface area contributed by atoms with Crippen LogP contribution in [0, 0.1) is 0 Å². The fourth-order valence-corrected chi connectivity index (χ4v) is 2.30. The number of anilines is 1. The molecule has 0 bridgehead atoms. The molecule has 0 aliphatic carbocycles. The number of aliphatic hydroxyl groups is 1. The zero-order valence-electron chi connectivity index (χ0n) is 16.2. The molecule has 0 saturated carbocycles. The number of amides is 2. The van der Waals surface area contributed by atoms with Crippen molar-refractivity contribution in [3.63, 3.8) is 0 Å². The number of nitrogens with one attached hydrogen (secondary N) is 2. The number of nitrogens with two attached hydrogens (primary N) is 1. The maximum absolute atomic E-state index is 12.3. The van der Waals surface area contributed by atoms with Gasteiger partial charge in [-0.1, -0.05) is 0 Å². The molecule has 154 valence electrons. The summed E-state index contributed by atoms with van der Waals surface area (Å²) in [7, 11) is 1.43. The molecule has 0 aliphatic rings. The Hall–Kier alpha value is -3.15. The molecule has 1 atom stereocenters. The fourth-order valence-electron chi connectivity index (χ4n) is 2.30. The zero-order chi connectivity index (χ0) is 20.9. The molecule has 2 aromatic heterocycles. The lowest BCUT2D eigenvalue weighted by atomic mass is 10.2. The average molecular weight is 395 g/mol. The number of aliphatic hydroxyl groups excluding tert-OH is 1. The standard InChI is InChI=1S/C16H25N7O5/c1-16(2,3)28-15(26)18-5-9(7-24)20-10(25)6-23-8-19-11-12(23)21-14(17)22-13(11)27-4/h8-9,24H,5-7H2,1-4H3,(H,18,26)(H,20,25)(H2,17,21,22)/t9-/m1/s1. The molecule has 0 fully saturated rings. The van der Waals surface area contributed by atoms with Crippen molar-refractivity contribution >= 4 is 29.1 Å². The molecular formula is C16H25N7O5. The minimum atomic E-state index is -0.691. The number of nitrogen functional groups attached to an aromatic ring is 1. The number of methoxy groups -OCH3 is 1. The Balaban J connectivity index is 1.98. The van der Waals surface area contributed by atoms with E-state index in [0.717, 1.165) is 0 Å². The molecular weight excluding hydrogens is 370 g/mol. The van der Waals surface area contributed by atoms with Crippen molar-refractivity contribution in [3.05, 3.63) is 6.33 Å². The van der Waals surface area contributed by atoms with E-state index >= 15 is 0 Å². The van der Waals surface area contributed by atoms with Gasteiger partial charge in [0.25, 0.3) is 0 Å². The number of alkyl carbamates (subject to hydrolysis) is 1. The first kappa shape index (κ1) is 21.2. The summed E-state index contributed by atoms with van der Waals surface area (Å²) < 4.78 is 11.7. The van der Waals surface area contributed by atoms with Crippen molar-refractivity contribution < 1.29 is 24.2 Å². The first-order valence-corrected chi connectivity index (χ1v) is 8.52. The van der Waals surface area contributed by atoms with E-state index in [-0.39, 0.29) is 31.5 Å². The molecule has 0 unspecified atom stereocenters. The Morgan fingerprint density at radius 1 is 1.36 bits per heavy atom. The average Bonchev–Trinajstić information content (AvgIpc) is 2.98. The second kappa shape index (κ2) is 8.69. The van der Waals surface area contributed by atoms with Crippen LogP contribution in [-0.2, 0) is 16.1 Å². The molecule has 12 heteroatoms. The van der Waals surface area contributed by atoms with Crippen LogP contribution in [0.2, 0.25) is 0 Å². The molecule has 0 spiro atoms. The van der Waals surface area contributed by atoms with Gasteiger partial charge in [-0.25, -0.2) is 9.78 Å². The van der Waals surface area contributed by atoms with Crippen LogP contribution in [-0.4, -0.2) is 68.5 Å². The third-order valence-electron chi connectivity index (χ3n) is 3.43. The van der Waals surface area contributed by atoms with Crippen LogP contribution in [0.1, 0.15) is 20.8 Å². The van der Waals surface area contributed by atoms with Crippen molar-refractivity contribution in [2.75, 3.05) is 26.0 Å². The number of nitrogens with zero attached hydrogens (tertiary/aromatic N) is 4. The molecule has 0 aliphatic heterocycles. The highest BCUT2D eigenvalue weighted by Crippen LogP contribution is 2.21. The first-order chi connectivity index (χ1) is 13.1. The van der Waals surface area contributed by atoms with Gasteiger partial charge in [0.15, 0.2) is 11.2 Å². The lowest BCUT2D eigenvalue weighted by molar-refractivity contribution is -0.122. The van der Waals surface area contributed by atoms with Crippen molar-refractivity contribution in [2.45, 2.75) is 39.0 Å². The van der Waals surface area contributed by atoms with Gasteiger partial charge in [-0.2, -0.15) is 9.97 Å². The van der Waals surface area contributed by atoms with E-state index in [1.54, 1.807) is 20.8 Å². The highest BCUT2D eigenvalue weighted by molar-refractivity contribution is 5.81. The molecule has 0 saturated heterocycles. The van der Waals surface area contributed by atoms with E-state index in [0.29, 0.717) is 11.2 Å². The van der Waals surface area contributed by atoms with Gasteiger partial charge < -0.3 is 35.5 Å². The van der Waals surface area contributed by atoms with Crippen molar-refractivity contribution in [3.8, 4) is 5.88 Å². The van der Waals surface area contributed by atoms with Gasteiger partial charge in [-0.15, -0.1) is 0 Å². The predicted octanol–water partition coefficient (Wildman–Crippen LogP) is -0.581. The lowest BCUT2D eigenvalue weighted by Gasteiger charge is -2.21. The second-order valence-electron chi connectivity index (χ2n) is 6.97. The summed E-state index contributed by atoms with van der Waals surface area (Å²) in [4.78, 5) is 36.1. The second-order valence-corrected chi connectivity index (χ2v) is 6.97. The van der Waals surface area contributed by atoms with Gasteiger partial charge in [0.05, 0.1) is 26.1 Å². The van der Waals surface area contributed by atoms with E-state index < -0.39 is 23.6 Å². The largest absolute Gasteiger partial charge is 0.479 e. The Bertz CT molecular complexity index is 846. The van der Waals surface area contributed by atoms with Gasteiger partial charge in [0.1, 0.15) is 12.1 Å². The zero-order valence-corrected chi connectivity index (χ0v) is 16.2. The van der Waals surface area contributed by atoms with Crippen LogP contribution < -0.4 is 21.1 Å². The minimum absolute atomic E-state index is 0.00473. The molecule has 0 aromatic carbocycles. The number of hydrogen-bond acceptors (Lipinski definition) is 9.